The second kappa shape index (κ2) is 12.1. The molecule has 2 heterocycles. The zero-order chi connectivity index (χ0) is 19.5. The van der Waals surface area contributed by atoms with E-state index in [1.165, 1.54) is 4.88 Å². The standard InChI is InChI=1S/C18H26FN3OS.C2H6/c1-4-5-15(13(2)19)11-23-16-6-8-22(9-7-16)17(10-20)18-14(3)21-12-24-18;1-2/h4-5,12,16-17H,1-2,6-11,20H2,3H3;1-2H3/b15-5-;. The largest absolute Gasteiger partial charge is 0.373 e. The molecular formula is C20H32FN3OS. The molecule has 0 radical (unpaired) electrons. The maximum atomic E-state index is 13.3. The van der Waals surface area contributed by atoms with Gasteiger partial charge in [0.1, 0.15) is 5.83 Å². The normalized spacial score (nSPS) is 17.3. The molecule has 0 aromatic carbocycles. The summed E-state index contributed by atoms with van der Waals surface area (Å²) in [6.45, 7) is 15.6. The number of halogens is 1. The van der Waals surface area contributed by atoms with Crippen LogP contribution in [-0.4, -0.2) is 42.2 Å². The minimum atomic E-state index is -0.462. The average Bonchev–Trinajstić information content (AvgIpc) is 3.07. The van der Waals surface area contributed by atoms with Gasteiger partial charge in [-0.1, -0.05) is 39.2 Å². The number of hydrogen-bond donors (Lipinski definition) is 1. The highest BCUT2D eigenvalue weighted by molar-refractivity contribution is 7.09. The van der Waals surface area contributed by atoms with Crippen molar-refractivity contribution >= 4 is 11.3 Å². The van der Waals surface area contributed by atoms with E-state index in [1.807, 2.05) is 26.3 Å². The van der Waals surface area contributed by atoms with Crippen LogP contribution in [0.3, 0.4) is 0 Å². The first kappa shape index (κ1) is 22.7. The Hall–Kier alpha value is -1.34. The summed E-state index contributed by atoms with van der Waals surface area (Å²) in [5, 5.41) is 0. The maximum Gasteiger partial charge on any atom is 0.121 e. The van der Waals surface area contributed by atoms with Crippen LogP contribution in [0.1, 0.15) is 43.3 Å². The number of likely N-dealkylation sites (tertiary alicyclic amines) is 1. The van der Waals surface area contributed by atoms with Gasteiger partial charge in [0.25, 0.3) is 0 Å². The van der Waals surface area contributed by atoms with Gasteiger partial charge in [0.05, 0.1) is 30.0 Å². The second-order valence-electron chi connectivity index (χ2n) is 5.93. The summed E-state index contributed by atoms with van der Waals surface area (Å²) in [6.07, 6.45) is 5.11. The number of hydrogen-bond acceptors (Lipinski definition) is 5. The first-order valence-electron chi connectivity index (χ1n) is 9.18. The molecule has 1 aliphatic heterocycles. The molecular weight excluding hydrogens is 349 g/mol. The zero-order valence-corrected chi connectivity index (χ0v) is 17.0. The van der Waals surface area contributed by atoms with Gasteiger partial charge in [-0.05, 0) is 19.8 Å². The van der Waals surface area contributed by atoms with Crippen LogP contribution in [-0.2, 0) is 4.74 Å². The molecule has 1 atom stereocenters. The van der Waals surface area contributed by atoms with Gasteiger partial charge in [-0.25, -0.2) is 9.37 Å². The summed E-state index contributed by atoms with van der Waals surface area (Å²) in [7, 11) is 0. The Morgan fingerprint density at radius 2 is 2.15 bits per heavy atom. The van der Waals surface area contributed by atoms with Crippen LogP contribution in [0.2, 0.25) is 0 Å². The number of piperidine rings is 1. The summed E-state index contributed by atoms with van der Waals surface area (Å²) >= 11 is 1.67. The molecule has 1 aromatic rings. The fraction of sp³-hybridized carbons (Fsp3) is 0.550. The van der Waals surface area contributed by atoms with Gasteiger partial charge in [0.15, 0.2) is 0 Å². The summed E-state index contributed by atoms with van der Waals surface area (Å²) in [4.78, 5) is 7.98. The van der Waals surface area contributed by atoms with Crippen molar-refractivity contribution in [2.24, 2.45) is 5.73 Å². The molecule has 0 bridgehead atoms. The van der Waals surface area contributed by atoms with Gasteiger partial charge in [-0.15, -0.1) is 11.3 Å². The number of thiazole rings is 1. The highest BCUT2D eigenvalue weighted by Gasteiger charge is 2.27. The number of aromatic nitrogens is 1. The molecule has 0 spiro atoms. The third kappa shape index (κ3) is 6.43. The first-order chi connectivity index (χ1) is 12.6. The van der Waals surface area contributed by atoms with Crippen molar-refractivity contribution in [1.82, 2.24) is 9.88 Å². The molecule has 1 aliphatic rings. The lowest BCUT2D eigenvalue weighted by Gasteiger charge is -2.36. The fourth-order valence-corrected chi connectivity index (χ4v) is 3.92. The molecule has 2 N–H and O–H groups in total. The van der Waals surface area contributed by atoms with E-state index in [2.05, 4.69) is 23.0 Å². The van der Waals surface area contributed by atoms with E-state index in [4.69, 9.17) is 10.5 Å². The quantitative estimate of drug-likeness (QED) is 0.671. The van der Waals surface area contributed by atoms with Crippen molar-refractivity contribution in [2.45, 2.75) is 45.8 Å². The van der Waals surface area contributed by atoms with Crippen molar-refractivity contribution in [2.75, 3.05) is 26.2 Å². The number of allylic oxidation sites excluding steroid dienone is 2. The summed E-state index contributed by atoms with van der Waals surface area (Å²) < 4.78 is 19.1. The van der Waals surface area contributed by atoms with Crippen LogP contribution >= 0.6 is 11.3 Å². The predicted molar refractivity (Wildman–Crippen MR) is 109 cm³/mol. The molecule has 1 unspecified atom stereocenters. The highest BCUT2D eigenvalue weighted by atomic mass is 32.1. The molecule has 0 saturated carbocycles. The van der Waals surface area contributed by atoms with Crippen LogP contribution in [0.15, 0.2) is 42.2 Å². The zero-order valence-electron chi connectivity index (χ0n) is 16.2. The van der Waals surface area contributed by atoms with Crippen LogP contribution in [0.25, 0.3) is 0 Å². The molecule has 26 heavy (non-hydrogen) atoms. The third-order valence-corrected chi connectivity index (χ3v) is 5.40. The van der Waals surface area contributed by atoms with Crippen molar-refractivity contribution in [3.63, 3.8) is 0 Å². The first-order valence-corrected chi connectivity index (χ1v) is 10.1. The molecule has 1 saturated heterocycles. The summed E-state index contributed by atoms with van der Waals surface area (Å²) in [5.41, 5.74) is 9.39. The Bertz CT molecular complexity index is 592. The monoisotopic (exact) mass is 381 g/mol. The number of rotatable bonds is 8. The van der Waals surface area contributed by atoms with E-state index in [0.29, 0.717) is 12.1 Å². The molecule has 0 aliphatic carbocycles. The predicted octanol–water partition coefficient (Wildman–Crippen LogP) is 4.55. The Kier molecular flexibility index (Phi) is 10.6. The van der Waals surface area contributed by atoms with Crippen LogP contribution in [0, 0.1) is 6.92 Å². The highest BCUT2D eigenvalue weighted by Crippen LogP contribution is 2.29. The Morgan fingerprint density at radius 1 is 1.50 bits per heavy atom. The average molecular weight is 382 g/mol. The van der Waals surface area contributed by atoms with Crippen LogP contribution in [0.4, 0.5) is 4.39 Å². The molecule has 6 heteroatoms. The van der Waals surface area contributed by atoms with E-state index >= 15 is 0 Å². The fourth-order valence-electron chi connectivity index (χ4n) is 2.97. The molecule has 146 valence electrons. The topological polar surface area (TPSA) is 51.4 Å². The maximum absolute atomic E-state index is 13.3. The van der Waals surface area contributed by atoms with Gasteiger partial charge >= 0.3 is 0 Å². The minimum Gasteiger partial charge on any atom is -0.373 e. The Labute approximate surface area is 161 Å². The third-order valence-electron chi connectivity index (χ3n) is 4.37. The smallest absolute Gasteiger partial charge is 0.121 e. The Balaban J connectivity index is 0.00000163. The van der Waals surface area contributed by atoms with Crippen LogP contribution < -0.4 is 5.73 Å². The lowest BCUT2D eigenvalue weighted by molar-refractivity contribution is 0.00902. The second-order valence-corrected chi connectivity index (χ2v) is 6.82. The number of nitrogens with two attached hydrogens (primary N) is 1. The van der Waals surface area contributed by atoms with Crippen molar-refractivity contribution < 1.29 is 9.13 Å². The van der Waals surface area contributed by atoms with Gasteiger partial charge in [0, 0.05) is 30.1 Å². The molecule has 4 nitrogen and oxygen atoms in total. The SMILES string of the molecule is C=C/C=C(/COC1CCN(C(CN)c2scnc2C)CC1)C(=C)F.CC. The van der Waals surface area contributed by atoms with Gasteiger partial charge in [-0.2, -0.15) is 0 Å². The van der Waals surface area contributed by atoms with E-state index in [1.54, 1.807) is 23.5 Å². The van der Waals surface area contributed by atoms with Gasteiger partial charge in [0.2, 0.25) is 0 Å². The lowest BCUT2D eigenvalue weighted by Crippen LogP contribution is -2.42. The molecule has 0 amide bonds. The van der Waals surface area contributed by atoms with Gasteiger partial charge in [-0.3, -0.25) is 4.90 Å². The number of ether oxygens (including phenoxy) is 1. The van der Waals surface area contributed by atoms with Gasteiger partial charge < -0.3 is 10.5 Å². The number of aryl methyl sites for hydroxylation is 1. The lowest BCUT2D eigenvalue weighted by atomic mass is 10.0. The molecule has 2 rings (SSSR count). The Morgan fingerprint density at radius 3 is 2.62 bits per heavy atom. The van der Waals surface area contributed by atoms with Crippen molar-refractivity contribution in [3.05, 3.63) is 52.8 Å². The van der Waals surface area contributed by atoms with Crippen LogP contribution in [0.5, 0.6) is 0 Å². The minimum absolute atomic E-state index is 0.134. The van der Waals surface area contributed by atoms with E-state index < -0.39 is 5.83 Å². The van der Waals surface area contributed by atoms with E-state index in [9.17, 15) is 4.39 Å². The van der Waals surface area contributed by atoms with E-state index in [-0.39, 0.29) is 18.8 Å². The van der Waals surface area contributed by atoms with Crippen molar-refractivity contribution in [3.8, 4) is 0 Å². The summed E-state index contributed by atoms with van der Waals surface area (Å²) in [5.74, 6) is -0.462. The molecule has 1 aromatic heterocycles. The summed E-state index contributed by atoms with van der Waals surface area (Å²) in [6, 6.07) is 0.222. The van der Waals surface area contributed by atoms with E-state index in [0.717, 1.165) is 31.6 Å². The number of nitrogens with zero attached hydrogens (tertiary/aromatic N) is 2. The van der Waals surface area contributed by atoms with Crippen molar-refractivity contribution in [1.29, 1.82) is 0 Å². The molecule has 1 fully saturated rings.